The van der Waals surface area contributed by atoms with E-state index in [9.17, 15) is 4.79 Å². The highest BCUT2D eigenvalue weighted by atomic mass is 16.1. The summed E-state index contributed by atoms with van der Waals surface area (Å²) in [5.74, 6) is 0.0577. The Balaban J connectivity index is 1.78. The molecule has 0 saturated carbocycles. The summed E-state index contributed by atoms with van der Waals surface area (Å²) >= 11 is 0. The molecule has 2 aromatic rings. The van der Waals surface area contributed by atoms with E-state index in [2.05, 4.69) is 41.8 Å². The van der Waals surface area contributed by atoms with Crippen LogP contribution < -0.4 is 16.4 Å². The molecule has 0 saturated heterocycles. The molecule has 1 amide bonds. The molecule has 1 aliphatic heterocycles. The first kappa shape index (κ1) is 13.5. The van der Waals surface area contributed by atoms with Gasteiger partial charge in [0.1, 0.15) is 0 Å². The van der Waals surface area contributed by atoms with Crippen LogP contribution in [-0.4, -0.2) is 5.91 Å². The van der Waals surface area contributed by atoms with Crippen LogP contribution in [0.2, 0.25) is 0 Å². The minimum atomic E-state index is 0.0577. The predicted molar refractivity (Wildman–Crippen MR) is 86.3 cm³/mol. The Labute approximate surface area is 124 Å². The minimum absolute atomic E-state index is 0.0577. The molecule has 0 aromatic heterocycles. The first-order valence-electron chi connectivity index (χ1n) is 7.13. The molecule has 0 aliphatic carbocycles. The number of benzene rings is 2. The molecular formula is C17H19N3O. The van der Waals surface area contributed by atoms with Crippen molar-refractivity contribution >= 4 is 23.0 Å². The third kappa shape index (κ3) is 2.99. The molecule has 0 unspecified atom stereocenters. The van der Waals surface area contributed by atoms with Crippen LogP contribution in [0.3, 0.4) is 0 Å². The van der Waals surface area contributed by atoms with Gasteiger partial charge in [0.15, 0.2) is 0 Å². The molecule has 0 radical (unpaired) electrons. The summed E-state index contributed by atoms with van der Waals surface area (Å²) in [5.41, 5.74) is 12.1. The molecular weight excluding hydrogens is 262 g/mol. The summed E-state index contributed by atoms with van der Waals surface area (Å²) in [5, 5.41) is 6.24. The van der Waals surface area contributed by atoms with Crippen LogP contribution in [0.1, 0.15) is 23.1 Å². The van der Waals surface area contributed by atoms with Crippen LogP contribution in [0.25, 0.3) is 0 Å². The zero-order valence-corrected chi connectivity index (χ0v) is 12.1. The number of nitrogen functional groups attached to an aromatic ring is 1. The van der Waals surface area contributed by atoms with E-state index in [0.717, 1.165) is 29.9 Å². The van der Waals surface area contributed by atoms with Crippen molar-refractivity contribution in [2.24, 2.45) is 0 Å². The van der Waals surface area contributed by atoms with E-state index in [1.807, 2.05) is 12.1 Å². The Kier molecular flexibility index (Phi) is 3.52. The molecule has 108 valence electrons. The van der Waals surface area contributed by atoms with Gasteiger partial charge in [-0.05, 0) is 36.6 Å². The highest BCUT2D eigenvalue weighted by molar-refractivity contribution is 5.95. The minimum Gasteiger partial charge on any atom is -0.397 e. The van der Waals surface area contributed by atoms with Crippen molar-refractivity contribution in [3.8, 4) is 0 Å². The van der Waals surface area contributed by atoms with Crippen molar-refractivity contribution < 1.29 is 4.79 Å². The van der Waals surface area contributed by atoms with Crippen LogP contribution in [0.4, 0.5) is 17.1 Å². The molecule has 21 heavy (non-hydrogen) atoms. The number of amides is 1. The largest absolute Gasteiger partial charge is 0.397 e. The maximum absolute atomic E-state index is 11.4. The second kappa shape index (κ2) is 5.48. The predicted octanol–water partition coefficient (Wildman–Crippen LogP) is 3.07. The zero-order valence-electron chi connectivity index (χ0n) is 12.1. The molecule has 4 heteroatoms. The van der Waals surface area contributed by atoms with Crippen LogP contribution in [0.5, 0.6) is 0 Å². The third-order valence-electron chi connectivity index (χ3n) is 3.74. The van der Waals surface area contributed by atoms with Crippen molar-refractivity contribution in [1.29, 1.82) is 0 Å². The fraction of sp³-hybridized carbons (Fsp3) is 0.235. The molecule has 4 nitrogen and oxygen atoms in total. The average molecular weight is 281 g/mol. The van der Waals surface area contributed by atoms with Gasteiger partial charge in [-0.3, -0.25) is 4.79 Å². The molecule has 1 heterocycles. The number of carbonyl (C=O) groups excluding carboxylic acids is 1. The van der Waals surface area contributed by atoms with Gasteiger partial charge in [-0.1, -0.05) is 29.8 Å². The normalized spacial score (nSPS) is 13.5. The highest BCUT2D eigenvalue weighted by Gasteiger charge is 2.16. The highest BCUT2D eigenvalue weighted by Crippen LogP contribution is 2.31. The smallest absolute Gasteiger partial charge is 0.224 e. The van der Waals surface area contributed by atoms with Crippen LogP contribution in [-0.2, 0) is 17.8 Å². The van der Waals surface area contributed by atoms with Crippen molar-refractivity contribution in [3.63, 3.8) is 0 Å². The van der Waals surface area contributed by atoms with E-state index < -0.39 is 0 Å². The lowest BCUT2D eigenvalue weighted by Gasteiger charge is -2.20. The van der Waals surface area contributed by atoms with Crippen LogP contribution in [0, 0.1) is 6.92 Å². The lowest BCUT2D eigenvalue weighted by molar-refractivity contribution is -0.116. The monoisotopic (exact) mass is 281 g/mol. The van der Waals surface area contributed by atoms with Gasteiger partial charge in [0.2, 0.25) is 5.91 Å². The van der Waals surface area contributed by atoms with Gasteiger partial charge in [0.25, 0.3) is 0 Å². The molecule has 0 fully saturated rings. The average Bonchev–Trinajstić information content (AvgIpc) is 2.45. The summed E-state index contributed by atoms with van der Waals surface area (Å²) in [6.45, 7) is 2.82. The van der Waals surface area contributed by atoms with E-state index in [0.29, 0.717) is 12.1 Å². The van der Waals surface area contributed by atoms with Gasteiger partial charge in [0, 0.05) is 18.7 Å². The van der Waals surface area contributed by atoms with Crippen LogP contribution in [0.15, 0.2) is 36.4 Å². The summed E-state index contributed by atoms with van der Waals surface area (Å²) in [4.78, 5) is 11.4. The Hall–Kier alpha value is -2.49. The summed E-state index contributed by atoms with van der Waals surface area (Å²) in [7, 11) is 0. The number of fused-ring (bicyclic) bond motifs is 1. The summed E-state index contributed by atoms with van der Waals surface area (Å²) in [6, 6.07) is 12.3. The number of hydrogen-bond acceptors (Lipinski definition) is 3. The van der Waals surface area contributed by atoms with E-state index >= 15 is 0 Å². The van der Waals surface area contributed by atoms with E-state index in [1.54, 1.807) is 0 Å². The number of aryl methyl sites for hydroxylation is 2. The zero-order chi connectivity index (χ0) is 14.8. The maximum atomic E-state index is 11.4. The molecule has 1 aliphatic rings. The van der Waals surface area contributed by atoms with Gasteiger partial charge in [-0.25, -0.2) is 0 Å². The number of carbonyl (C=O) groups is 1. The topological polar surface area (TPSA) is 67.2 Å². The van der Waals surface area contributed by atoms with E-state index in [-0.39, 0.29) is 5.91 Å². The first-order chi connectivity index (χ1) is 10.1. The van der Waals surface area contributed by atoms with Gasteiger partial charge in [0.05, 0.1) is 11.4 Å². The first-order valence-corrected chi connectivity index (χ1v) is 7.13. The van der Waals surface area contributed by atoms with Gasteiger partial charge < -0.3 is 16.4 Å². The Morgan fingerprint density at radius 3 is 2.90 bits per heavy atom. The standard InChI is InChI=1S/C17H19N3O/c1-11-3-2-4-12(7-11)10-19-16-8-13-5-6-17(21)20-15(13)9-14(16)18/h2-4,7-9,19H,5-6,10,18H2,1H3,(H,20,21). The van der Waals surface area contributed by atoms with Gasteiger partial charge in [-0.15, -0.1) is 0 Å². The molecule has 0 spiro atoms. The molecule has 3 rings (SSSR count). The van der Waals surface area contributed by atoms with E-state index in [4.69, 9.17) is 5.73 Å². The van der Waals surface area contributed by atoms with Crippen molar-refractivity contribution in [3.05, 3.63) is 53.1 Å². The molecule has 0 atom stereocenters. The van der Waals surface area contributed by atoms with Gasteiger partial charge in [-0.2, -0.15) is 0 Å². The fourth-order valence-corrected chi connectivity index (χ4v) is 2.62. The van der Waals surface area contributed by atoms with Crippen molar-refractivity contribution in [2.75, 3.05) is 16.4 Å². The summed E-state index contributed by atoms with van der Waals surface area (Å²) in [6.07, 6.45) is 1.30. The molecule has 2 aromatic carbocycles. The van der Waals surface area contributed by atoms with E-state index in [1.165, 1.54) is 11.1 Å². The van der Waals surface area contributed by atoms with Crippen molar-refractivity contribution in [1.82, 2.24) is 0 Å². The third-order valence-corrected chi connectivity index (χ3v) is 3.74. The Morgan fingerprint density at radius 1 is 1.24 bits per heavy atom. The Morgan fingerprint density at radius 2 is 2.10 bits per heavy atom. The number of hydrogen-bond donors (Lipinski definition) is 3. The summed E-state index contributed by atoms with van der Waals surface area (Å²) < 4.78 is 0. The lowest BCUT2D eigenvalue weighted by atomic mass is 10.0. The second-order valence-electron chi connectivity index (χ2n) is 5.49. The SMILES string of the molecule is Cc1cccc(CNc2cc3c(cc2N)NC(=O)CC3)c1. The number of anilines is 3. The van der Waals surface area contributed by atoms with Crippen LogP contribution >= 0.6 is 0 Å². The van der Waals surface area contributed by atoms with Gasteiger partial charge >= 0.3 is 0 Å². The maximum Gasteiger partial charge on any atom is 0.224 e. The number of rotatable bonds is 3. The number of nitrogens with two attached hydrogens (primary N) is 1. The Bertz CT molecular complexity index is 694. The molecule has 0 bridgehead atoms. The fourth-order valence-electron chi connectivity index (χ4n) is 2.62. The lowest BCUT2D eigenvalue weighted by Crippen LogP contribution is -2.19. The van der Waals surface area contributed by atoms with Crippen molar-refractivity contribution in [2.45, 2.75) is 26.3 Å². The molecule has 4 N–H and O–H groups in total. The number of nitrogens with one attached hydrogen (secondary N) is 2. The second-order valence-corrected chi connectivity index (χ2v) is 5.49. The quantitative estimate of drug-likeness (QED) is 0.757.